The number of aryl methyl sites for hydroxylation is 1. The second kappa shape index (κ2) is 10.5. The van der Waals surface area contributed by atoms with E-state index in [4.69, 9.17) is 4.74 Å². The molecule has 2 aromatic carbocycles. The molecule has 2 aromatic rings. The van der Waals surface area contributed by atoms with Crippen LogP contribution in [0, 0.1) is 12.8 Å². The first kappa shape index (κ1) is 21.5. The summed E-state index contributed by atoms with van der Waals surface area (Å²) in [5.74, 6) is -0.689. The van der Waals surface area contributed by atoms with Crippen molar-refractivity contribution in [3.8, 4) is 11.5 Å². The van der Waals surface area contributed by atoms with Crippen molar-refractivity contribution in [2.45, 2.75) is 33.6 Å². The van der Waals surface area contributed by atoms with Gasteiger partial charge in [-0.05, 0) is 57.9 Å². The largest absolute Gasteiger partial charge is 0.507 e. The van der Waals surface area contributed by atoms with Crippen LogP contribution in [0.3, 0.4) is 0 Å². The van der Waals surface area contributed by atoms with Crippen LogP contribution in [0.1, 0.15) is 42.6 Å². The second-order valence-electron chi connectivity index (χ2n) is 6.75. The number of Topliss-reactive ketones (excluding diaryl/α,β-unsaturated/α-hetero) is 1. The van der Waals surface area contributed by atoms with E-state index in [0.717, 1.165) is 11.3 Å². The molecule has 5 heteroatoms. The fourth-order valence-electron chi connectivity index (χ4n) is 3.15. The quantitative estimate of drug-likeness (QED) is 0.379. The molecule has 5 nitrogen and oxygen atoms in total. The first-order valence-electron chi connectivity index (χ1n) is 9.78. The molecule has 0 heterocycles. The van der Waals surface area contributed by atoms with Gasteiger partial charge in [-0.2, -0.15) is 0 Å². The van der Waals surface area contributed by atoms with Crippen LogP contribution >= 0.6 is 0 Å². The number of amides is 1. The standard InChI is InChI=1S/C23H29NO4/c1-4-24(5-2)23(27)19(12-9-15-28-18-10-7-6-8-11-18)22(26)20-16-17(3)13-14-21(20)25/h6-8,10-11,13-14,16,19,25H,4-5,9,12,15H2,1-3H3. The number of phenolic OH excluding ortho intramolecular Hbond substituents is 1. The maximum Gasteiger partial charge on any atom is 0.233 e. The van der Waals surface area contributed by atoms with Crippen LogP contribution < -0.4 is 4.74 Å². The van der Waals surface area contributed by atoms with E-state index in [9.17, 15) is 14.7 Å². The molecule has 0 aliphatic heterocycles. The summed E-state index contributed by atoms with van der Waals surface area (Å²) in [6, 6.07) is 14.3. The molecule has 1 unspecified atom stereocenters. The van der Waals surface area contributed by atoms with Crippen molar-refractivity contribution in [2.75, 3.05) is 19.7 Å². The molecule has 0 saturated carbocycles. The van der Waals surface area contributed by atoms with Crippen LogP contribution in [0.2, 0.25) is 0 Å². The first-order chi connectivity index (χ1) is 13.5. The summed E-state index contributed by atoms with van der Waals surface area (Å²) >= 11 is 0. The Bertz CT molecular complexity index is 784. The molecule has 0 fully saturated rings. The van der Waals surface area contributed by atoms with Crippen molar-refractivity contribution in [3.05, 3.63) is 59.7 Å². The summed E-state index contributed by atoms with van der Waals surface area (Å²) < 4.78 is 5.69. The third kappa shape index (κ3) is 5.59. The van der Waals surface area contributed by atoms with Gasteiger partial charge in [-0.15, -0.1) is 0 Å². The summed E-state index contributed by atoms with van der Waals surface area (Å²) in [6.07, 6.45) is 0.930. The van der Waals surface area contributed by atoms with Crippen LogP contribution in [-0.2, 0) is 4.79 Å². The number of hydrogen-bond donors (Lipinski definition) is 1. The molecular weight excluding hydrogens is 354 g/mol. The van der Waals surface area contributed by atoms with E-state index in [0.29, 0.717) is 32.5 Å². The fraction of sp³-hybridized carbons (Fsp3) is 0.391. The zero-order chi connectivity index (χ0) is 20.5. The van der Waals surface area contributed by atoms with E-state index < -0.39 is 5.92 Å². The lowest BCUT2D eigenvalue weighted by atomic mass is 9.90. The number of carbonyl (C=O) groups is 2. The van der Waals surface area contributed by atoms with Gasteiger partial charge in [0.2, 0.25) is 5.91 Å². The number of ether oxygens (including phenoxy) is 1. The van der Waals surface area contributed by atoms with E-state index in [-0.39, 0.29) is 23.0 Å². The SMILES string of the molecule is CCN(CC)C(=O)C(CCCOc1ccccc1)C(=O)c1cc(C)ccc1O. The molecule has 1 N–H and O–H groups in total. The monoisotopic (exact) mass is 383 g/mol. The first-order valence-corrected chi connectivity index (χ1v) is 9.78. The number of ketones is 1. The molecular formula is C23H29NO4. The van der Waals surface area contributed by atoms with Crippen molar-refractivity contribution >= 4 is 11.7 Å². The van der Waals surface area contributed by atoms with Gasteiger partial charge in [0.05, 0.1) is 12.2 Å². The van der Waals surface area contributed by atoms with Gasteiger partial charge >= 0.3 is 0 Å². The number of aromatic hydroxyl groups is 1. The van der Waals surface area contributed by atoms with Crippen LogP contribution in [0.15, 0.2) is 48.5 Å². The number of para-hydroxylation sites is 1. The number of nitrogens with zero attached hydrogens (tertiary/aromatic N) is 1. The van der Waals surface area contributed by atoms with Crippen LogP contribution in [-0.4, -0.2) is 41.4 Å². The molecule has 0 bridgehead atoms. The van der Waals surface area contributed by atoms with Gasteiger partial charge in [0.15, 0.2) is 5.78 Å². The summed E-state index contributed by atoms with van der Waals surface area (Å²) in [4.78, 5) is 27.7. The molecule has 2 rings (SSSR count). The highest BCUT2D eigenvalue weighted by molar-refractivity contribution is 6.11. The van der Waals surface area contributed by atoms with Crippen LogP contribution in [0.4, 0.5) is 0 Å². The Morgan fingerprint density at radius 3 is 2.39 bits per heavy atom. The Labute approximate surface area is 166 Å². The highest BCUT2D eigenvalue weighted by Crippen LogP contribution is 2.25. The summed E-state index contributed by atoms with van der Waals surface area (Å²) in [5, 5.41) is 10.1. The lowest BCUT2D eigenvalue weighted by molar-refractivity contribution is -0.133. The Kier molecular flexibility index (Phi) is 8.05. The average molecular weight is 383 g/mol. The van der Waals surface area contributed by atoms with Crippen molar-refractivity contribution in [1.29, 1.82) is 0 Å². The highest BCUT2D eigenvalue weighted by atomic mass is 16.5. The molecule has 0 aromatic heterocycles. The molecule has 150 valence electrons. The fourth-order valence-corrected chi connectivity index (χ4v) is 3.15. The predicted octanol–water partition coefficient (Wildman–Crippen LogP) is 4.23. The van der Waals surface area contributed by atoms with Crippen molar-refractivity contribution in [1.82, 2.24) is 4.90 Å². The summed E-state index contributed by atoms with van der Waals surface area (Å²) in [7, 11) is 0. The second-order valence-corrected chi connectivity index (χ2v) is 6.75. The Morgan fingerprint density at radius 2 is 1.75 bits per heavy atom. The van der Waals surface area contributed by atoms with E-state index in [1.807, 2.05) is 51.1 Å². The molecule has 0 radical (unpaired) electrons. The van der Waals surface area contributed by atoms with E-state index in [1.165, 1.54) is 6.07 Å². The molecule has 28 heavy (non-hydrogen) atoms. The molecule has 0 aliphatic rings. The van der Waals surface area contributed by atoms with E-state index in [1.54, 1.807) is 17.0 Å². The third-order valence-corrected chi connectivity index (χ3v) is 4.76. The molecule has 1 amide bonds. The normalized spacial score (nSPS) is 11.7. The number of benzene rings is 2. The topological polar surface area (TPSA) is 66.8 Å². The summed E-state index contributed by atoms with van der Waals surface area (Å²) in [6.45, 7) is 7.14. The highest BCUT2D eigenvalue weighted by Gasteiger charge is 2.31. The van der Waals surface area contributed by atoms with Gasteiger partial charge in [-0.3, -0.25) is 9.59 Å². The smallest absolute Gasteiger partial charge is 0.233 e. The minimum Gasteiger partial charge on any atom is -0.507 e. The van der Waals surface area contributed by atoms with Crippen LogP contribution in [0.5, 0.6) is 11.5 Å². The number of carbonyl (C=O) groups excluding carboxylic acids is 2. The van der Waals surface area contributed by atoms with Crippen molar-refractivity contribution in [3.63, 3.8) is 0 Å². The van der Waals surface area contributed by atoms with Crippen molar-refractivity contribution in [2.24, 2.45) is 5.92 Å². The Morgan fingerprint density at radius 1 is 1.07 bits per heavy atom. The van der Waals surface area contributed by atoms with E-state index >= 15 is 0 Å². The van der Waals surface area contributed by atoms with Gasteiger partial charge < -0.3 is 14.7 Å². The maximum absolute atomic E-state index is 13.1. The zero-order valence-electron chi connectivity index (χ0n) is 16.9. The van der Waals surface area contributed by atoms with Gasteiger partial charge in [0.25, 0.3) is 0 Å². The van der Waals surface area contributed by atoms with Crippen LogP contribution in [0.25, 0.3) is 0 Å². The zero-order valence-corrected chi connectivity index (χ0v) is 16.9. The number of hydrogen-bond acceptors (Lipinski definition) is 4. The minimum atomic E-state index is -0.827. The molecule has 0 saturated heterocycles. The van der Waals surface area contributed by atoms with Gasteiger partial charge in [0, 0.05) is 13.1 Å². The predicted molar refractivity (Wildman–Crippen MR) is 110 cm³/mol. The number of phenols is 1. The molecule has 0 spiro atoms. The summed E-state index contributed by atoms with van der Waals surface area (Å²) in [5.41, 5.74) is 1.07. The molecule has 0 aliphatic carbocycles. The number of rotatable bonds is 10. The van der Waals surface area contributed by atoms with Gasteiger partial charge in [-0.1, -0.05) is 29.8 Å². The lowest BCUT2D eigenvalue weighted by Gasteiger charge is -2.25. The lowest BCUT2D eigenvalue weighted by Crippen LogP contribution is -2.39. The van der Waals surface area contributed by atoms with Gasteiger partial charge in [0.1, 0.15) is 17.4 Å². The van der Waals surface area contributed by atoms with Crippen molar-refractivity contribution < 1.29 is 19.4 Å². The molecule has 1 atom stereocenters. The third-order valence-electron chi connectivity index (χ3n) is 4.76. The maximum atomic E-state index is 13.1. The minimum absolute atomic E-state index is 0.0894. The van der Waals surface area contributed by atoms with Gasteiger partial charge in [-0.25, -0.2) is 0 Å². The average Bonchev–Trinajstić information content (AvgIpc) is 2.71. The Hall–Kier alpha value is -2.82. The Balaban J connectivity index is 2.13. The van der Waals surface area contributed by atoms with E-state index in [2.05, 4.69) is 0 Å².